The fourth-order valence-corrected chi connectivity index (χ4v) is 3.57. The molecule has 0 saturated heterocycles. The Bertz CT molecular complexity index is 1290. The predicted molar refractivity (Wildman–Crippen MR) is 121 cm³/mol. The summed E-state index contributed by atoms with van der Waals surface area (Å²) in [6, 6.07) is 16.5. The van der Waals surface area contributed by atoms with Crippen LogP contribution in [0.2, 0.25) is 5.02 Å². The molecule has 0 amide bonds. The summed E-state index contributed by atoms with van der Waals surface area (Å²) in [6.45, 7) is 0. The quantitative estimate of drug-likeness (QED) is 0.248. The first-order valence-corrected chi connectivity index (χ1v) is 10.0. The summed E-state index contributed by atoms with van der Waals surface area (Å²) in [6.07, 6.45) is 4.79. The molecule has 1 unspecified atom stereocenters. The average molecular weight is 448 g/mol. The van der Waals surface area contributed by atoms with Crippen LogP contribution >= 0.6 is 11.6 Å². The molecular weight excluding hydrogens is 430 g/mol. The lowest BCUT2D eigenvalue weighted by atomic mass is 10.0. The molecule has 1 N–H and O–H groups in total. The summed E-state index contributed by atoms with van der Waals surface area (Å²) in [5, 5.41) is 15.6. The normalized spacial score (nSPS) is 11.7. The molecule has 0 spiro atoms. The minimum absolute atomic E-state index is 0.175. The van der Waals surface area contributed by atoms with Crippen molar-refractivity contribution in [2.24, 2.45) is 7.05 Å². The van der Waals surface area contributed by atoms with Crippen molar-refractivity contribution in [1.29, 1.82) is 0 Å². The number of halogens is 1. The summed E-state index contributed by atoms with van der Waals surface area (Å²) >= 11 is 6.18. The van der Waals surface area contributed by atoms with E-state index < -0.39 is 16.7 Å². The van der Waals surface area contributed by atoms with Gasteiger partial charge in [-0.3, -0.25) is 19.9 Å². The van der Waals surface area contributed by atoms with Gasteiger partial charge in [-0.05, 0) is 42.0 Å². The molecule has 0 fully saturated rings. The van der Waals surface area contributed by atoms with Gasteiger partial charge in [0.05, 0.1) is 16.7 Å². The van der Waals surface area contributed by atoms with Crippen LogP contribution in [-0.4, -0.2) is 25.2 Å². The van der Waals surface area contributed by atoms with Gasteiger partial charge in [-0.1, -0.05) is 29.8 Å². The molecule has 4 aromatic rings. The lowest BCUT2D eigenvalue weighted by molar-refractivity contribution is -0.384. The van der Waals surface area contributed by atoms with E-state index >= 15 is 0 Å². The molecule has 160 valence electrons. The second-order valence-electron chi connectivity index (χ2n) is 7.07. The van der Waals surface area contributed by atoms with Gasteiger partial charge in [0.25, 0.3) is 5.69 Å². The Morgan fingerprint density at radius 1 is 1.09 bits per heavy atom. The summed E-state index contributed by atoms with van der Waals surface area (Å²) in [5.41, 5.74) is 1.65. The van der Waals surface area contributed by atoms with E-state index in [1.54, 1.807) is 54.3 Å². The molecule has 32 heavy (non-hydrogen) atoms. The van der Waals surface area contributed by atoms with Crippen molar-refractivity contribution >= 4 is 28.8 Å². The van der Waals surface area contributed by atoms with Crippen LogP contribution in [0.15, 0.2) is 79.3 Å². The zero-order valence-corrected chi connectivity index (χ0v) is 17.7. The Labute approximate surface area is 188 Å². The number of benzene rings is 2. The highest BCUT2D eigenvalue weighted by Gasteiger charge is 2.24. The molecule has 0 aliphatic carbocycles. The number of carbonyl (C=O) groups excluding carboxylic acids is 1. The van der Waals surface area contributed by atoms with Crippen molar-refractivity contribution in [3.05, 3.63) is 117 Å². The van der Waals surface area contributed by atoms with E-state index in [1.807, 2.05) is 18.2 Å². The van der Waals surface area contributed by atoms with E-state index in [-0.39, 0.29) is 22.8 Å². The lowest BCUT2D eigenvalue weighted by Gasteiger charge is -2.20. The first-order valence-electron chi connectivity index (χ1n) is 9.67. The number of hydrogen-bond acceptors (Lipinski definition) is 6. The average Bonchev–Trinajstić information content (AvgIpc) is 3.23. The fourth-order valence-electron chi connectivity index (χ4n) is 3.38. The molecule has 0 aliphatic heterocycles. The Balaban J connectivity index is 1.75. The Morgan fingerprint density at radius 2 is 1.94 bits per heavy atom. The van der Waals surface area contributed by atoms with Gasteiger partial charge in [0.2, 0.25) is 5.78 Å². The van der Waals surface area contributed by atoms with Crippen LogP contribution in [0.4, 0.5) is 11.4 Å². The first-order chi connectivity index (χ1) is 15.4. The minimum atomic E-state index is -0.523. The van der Waals surface area contributed by atoms with Gasteiger partial charge in [-0.15, -0.1) is 0 Å². The highest BCUT2D eigenvalue weighted by molar-refractivity contribution is 6.30. The van der Waals surface area contributed by atoms with E-state index in [9.17, 15) is 14.9 Å². The molecule has 8 nitrogen and oxygen atoms in total. The van der Waals surface area contributed by atoms with Crippen LogP contribution in [0.25, 0.3) is 0 Å². The topological polar surface area (TPSA) is 103 Å². The maximum atomic E-state index is 12.8. The molecule has 2 heterocycles. The Kier molecular flexibility index (Phi) is 5.96. The third-order valence-electron chi connectivity index (χ3n) is 4.95. The molecule has 0 bridgehead atoms. The number of rotatable bonds is 7. The number of anilines is 1. The van der Waals surface area contributed by atoms with E-state index in [1.165, 1.54) is 18.3 Å². The third-order valence-corrected chi connectivity index (χ3v) is 5.18. The van der Waals surface area contributed by atoms with Gasteiger partial charge in [-0.2, -0.15) is 0 Å². The number of nitrogens with zero attached hydrogens (tertiary/aromatic N) is 4. The summed E-state index contributed by atoms with van der Waals surface area (Å²) in [4.78, 5) is 32.5. The number of ketones is 1. The Hall–Kier alpha value is -4.04. The van der Waals surface area contributed by atoms with Crippen molar-refractivity contribution in [3.63, 3.8) is 0 Å². The van der Waals surface area contributed by atoms with E-state index in [0.717, 1.165) is 5.56 Å². The number of nitro benzene ring substituents is 1. The van der Waals surface area contributed by atoms with Crippen LogP contribution in [0.3, 0.4) is 0 Å². The minimum Gasteiger partial charge on any atom is -0.367 e. The van der Waals surface area contributed by atoms with E-state index in [2.05, 4.69) is 15.3 Å². The van der Waals surface area contributed by atoms with Crippen LogP contribution in [0.5, 0.6) is 0 Å². The number of nitrogens with one attached hydrogen (secondary N) is 1. The Morgan fingerprint density at radius 3 is 2.59 bits per heavy atom. The zero-order chi connectivity index (χ0) is 22.7. The second-order valence-corrected chi connectivity index (χ2v) is 7.50. The number of imidazole rings is 1. The molecule has 0 aliphatic rings. The zero-order valence-electron chi connectivity index (χ0n) is 17.0. The first kappa shape index (κ1) is 21.2. The molecule has 4 rings (SSSR count). The van der Waals surface area contributed by atoms with E-state index in [0.29, 0.717) is 10.7 Å². The number of hydrogen-bond donors (Lipinski definition) is 1. The highest BCUT2D eigenvalue weighted by atomic mass is 35.5. The van der Waals surface area contributed by atoms with Gasteiger partial charge < -0.3 is 9.88 Å². The molecule has 9 heteroatoms. The molecule has 2 aromatic heterocycles. The summed E-state index contributed by atoms with van der Waals surface area (Å²) in [7, 11) is 1.69. The summed E-state index contributed by atoms with van der Waals surface area (Å²) < 4.78 is 1.57. The molecule has 0 radical (unpaired) electrons. The van der Waals surface area contributed by atoms with Crippen molar-refractivity contribution in [2.45, 2.75) is 6.04 Å². The molecule has 0 saturated carbocycles. The highest BCUT2D eigenvalue weighted by Crippen LogP contribution is 2.33. The van der Waals surface area contributed by atoms with Crippen molar-refractivity contribution in [1.82, 2.24) is 14.5 Å². The summed E-state index contributed by atoms with van der Waals surface area (Å²) in [5.74, 6) is -0.200. The lowest BCUT2D eigenvalue weighted by Crippen LogP contribution is -2.15. The molecular formula is C23H18ClN5O3. The standard InChI is InChI=1S/C23H18ClN5O3/c1-28-12-11-26-23(28)22(30)16-8-9-18(20(14-16)29(31)32)27-21(19-7-2-3-10-25-19)15-5-4-6-17(24)13-15/h2-14,21,27H,1H3. The number of nitro groups is 1. The third kappa shape index (κ3) is 4.35. The molecule has 2 aromatic carbocycles. The van der Waals surface area contributed by atoms with E-state index in [4.69, 9.17) is 11.6 Å². The van der Waals surface area contributed by atoms with Crippen LogP contribution < -0.4 is 5.32 Å². The smallest absolute Gasteiger partial charge is 0.293 e. The monoisotopic (exact) mass is 447 g/mol. The van der Waals surface area contributed by atoms with Gasteiger partial charge in [0.1, 0.15) is 5.69 Å². The number of aryl methyl sites for hydroxylation is 1. The fraction of sp³-hybridized carbons (Fsp3) is 0.0870. The molecule has 1 atom stereocenters. The van der Waals surface area contributed by atoms with Gasteiger partial charge in [0, 0.05) is 42.3 Å². The predicted octanol–water partition coefficient (Wildman–Crippen LogP) is 4.81. The second kappa shape index (κ2) is 8.99. The van der Waals surface area contributed by atoms with Crippen LogP contribution in [0.1, 0.15) is 33.5 Å². The van der Waals surface area contributed by atoms with Crippen LogP contribution in [-0.2, 0) is 7.05 Å². The maximum Gasteiger partial charge on any atom is 0.293 e. The van der Waals surface area contributed by atoms with Crippen LogP contribution in [0, 0.1) is 10.1 Å². The van der Waals surface area contributed by atoms with Gasteiger partial charge in [-0.25, -0.2) is 4.98 Å². The number of aromatic nitrogens is 3. The maximum absolute atomic E-state index is 12.8. The SMILES string of the molecule is Cn1ccnc1C(=O)c1ccc(NC(c2cccc(Cl)c2)c2ccccn2)c([N+](=O)[O-])c1. The van der Waals surface area contributed by atoms with Gasteiger partial charge in [0.15, 0.2) is 5.82 Å². The largest absolute Gasteiger partial charge is 0.367 e. The number of pyridine rings is 1. The van der Waals surface area contributed by atoms with Crippen molar-refractivity contribution in [3.8, 4) is 0 Å². The van der Waals surface area contributed by atoms with Crippen molar-refractivity contribution < 1.29 is 9.72 Å². The van der Waals surface area contributed by atoms with Gasteiger partial charge >= 0.3 is 0 Å². The number of carbonyl (C=O) groups is 1. The van der Waals surface area contributed by atoms with Crippen molar-refractivity contribution in [2.75, 3.05) is 5.32 Å².